The van der Waals surface area contributed by atoms with Gasteiger partial charge in [0.05, 0.1) is 49.9 Å². The summed E-state index contributed by atoms with van der Waals surface area (Å²) in [7, 11) is -2.69. The van der Waals surface area contributed by atoms with E-state index in [0.717, 1.165) is 13.2 Å². The predicted molar refractivity (Wildman–Crippen MR) is 216 cm³/mol. The van der Waals surface area contributed by atoms with Crippen LogP contribution in [0.3, 0.4) is 0 Å². The summed E-state index contributed by atoms with van der Waals surface area (Å²) in [5.74, 6) is -1.14. The van der Waals surface area contributed by atoms with Crippen LogP contribution in [0.15, 0.2) is 12.7 Å². The van der Waals surface area contributed by atoms with Crippen LogP contribution >= 0.6 is 30.6 Å². The van der Waals surface area contributed by atoms with Crippen LogP contribution in [-0.4, -0.2) is 133 Å². The number of nitrogens with two attached hydrogens (primary N) is 2. The molecule has 9 rings (SSSR count). The van der Waals surface area contributed by atoms with Crippen LogP contribution in [0.2, 0.25) is 10.6 Å². The smallest absolute Gasteiger partial charge is 0.226 e. The highest BCUT2D eigenvalue weighted by Crippen LogP contribution is 2.54. The first kappa shape index (κ1) is 44.2. The minimum absolute atomic E-state index is 0.0199. The lowest BCUT2D eigenvalue weighted by Crippen LogP contribution is -2.54. The lowest BCUT2D eigenvalue weighted by Gasteiger charge is -2.45. The number of hydrogen-bond donors (Lipinski definition) is 3. The molecular weight excluding hydrogens is 834 g/mol. The molecule has 20 nitrogen and oxygen atoms in total. The van der Waals surface area contributed by atoms with Crippen molar-refractivity contribution in [3.63, 3.8) is 0 Å². The summed E-state index contributed by atoms with van der Waals surface area (Å²) >= 11 is 12.0. The Morgan fingerprint density at radius 2 is 1.22 bits per heavy atom. The fourth-order valence-electron chi connectivity index (χ4n) is 7.94. The number of aliphatic hydroxyl groups is 1. The number of halogens is 2. The van der Waals surface area contributed by atoms with Gasteiger partial charge in [0.1, 0.15) is 47.9 Å². The summed E-state index contributed by atoms with van der Waals surface area (Å²) in [6.45, 7) is 17.2. The molecule has 23 heteroatoms. The fourth-order valence-corrected chi connectivity index (χ4v) is 8.79. The molecular formula is C36H53Cl2N10O10P. The Hall–Kier alpha value is -2.85. The fraction of sp³-hybridized carbons (Fsp3) is 0.722. The Balaban J connectivity index is 0.000000161. The number of ether oxygens (including phenoxy) is 7. The Morgan fingerprint density at radius 1 is 0.780 bits per heavy atom. The Kier molecular flexibility index (Phi) is 12.3. The van der Waals surface area contributed by atoms with E-state index in [-0.39, 0.29) is 47.6 Å². The standard InChI is InChI=1S/C17H25ClN5O5P.C15H20ClN5O4.C4H8O/c1-16(2)25-7-17(3)11(28-16)9(6-26-29(4,5)24)27-14(17)23-8-20-10-12(19)21-15(18)22-13(10)23;1-14(2)23-5-15(3)9(25-14)7(4-22)24-12(15)21-6-18-8-10(17)19-13(16)20-11(8)21;1-2-4-5-3-1/h8-9,11,14H,6-7H2,1-5H3,(H2,19,21,22);6-7,9,12,22H,4-5H2,1-3H3,(H2,17,19,20);1-4H2/t9-,11?,14-,17+;7-,9?,12-,15+;/m11./s1. The van der Waals surface area contributed by atoms with Crippen molar-refractivity contribution in [3.8, 4) is 0 Å². The van der Waals surface area contributed by atoms with Crippen molar-refractivity contribution in [1.82, 2.24) is 39.0 Å². The number of fused-ring (bicyclic) bond motifs is 4. The zero-order valence-corrected chi connectivity index (χ0v) is 36.7. The van der Waals surface area contributed by atoms with Gasteiger partial charge in [0.25, 0.3) is 0 Å². The van der Waals surface area contributed by atoms with Crippen LogP contribution in [0.25, 0.3) is 22.3 Å². The van der Waals surface area contributed by atoms with Gasteiger partial charge in [-0.2, -0.15) is 19.9 Å². The van der Waals surface area contributed by atoms with Gasteiger partial charge < -0.3 is 54.3 Å². The summed E-state index contributed by atoms with van der Waals surface area (Å²) in [4.78, 5) is 25.0. The van der Waals surface area contributed by atoms with Gasteiger partial charge in [-0.05, 0) is 63.7 Å². The number of nitrogen functional groups attached to an aromatic ring is 2. The van der Waals surface area contributed by atoms with E-state index in [1.807, 2.05) is 41.5 Å². The second-order valence-electron chi connectivity index (χ2n) is 17.0. The van der Waals surface area contributed by atoms with Gasteiger partial charge in [0.2, 0.25) is 10.6 Å². The van der Waals surface area contributed by atoms with E-state index in [9.17, 15) is 9.67 Å². The Labute approximate surface area is 351 Å². The Morgan fingerprint density at radius 3 is 1.63 bits per heavy atom. The number of nitrogens with zero attached hydrogens (tertiary/aromatic N) is 8. The quantitative estimate of drug-likeness (QED) is 0.177. The maximum absolute atomic E-state index is 12.1. The maximum atomic E-state index is 12.1. The molecule has 4 aromatic heterocycles. The van der Waals surface area contributed by atoms with Crippen molar-refractivity contribution in [2.24, 2.45) is 10.8 Å². The molecule has 4 aromatic rings. The van der Waals surface area contributed by atoms with Crippen LogP contribution in [0.1, 0.15) is 66.8 Å². The summed E-state index contributed by atoms with van der Waals surface area (Å²) in [5.41, 5.74) is 12.5. The number of rotatable bonds is 6. The number of aromatic nitrogens is 8. The summed E-state index contributed by atoms with van der Waals surface area (Å²) < 4.78 is 62.7. The zero-order chi connectivity index (χ0) is 42.7. The van der Waals surface area contributed by atoms with Gasteiger partial charge in [0, 0.05) is 26.5 Å². The molecule has 0 spiro atoms. The molecule has 0 radical (unpaired) electrons. The van der Waals surface area contributed by atoms with E-state index >= 15 is 0 Å². The SMILES string of the molecule is C1CCOC1.CC1(C)OC[C@@]2(C)C(O1)[C@@H](CO)O[C@H]2n1cnc2c(N)nc(Cl)nc21.CC1(C)OC[C@@]2(C)C(O1)[C@@H](COP(C)(C)=O)O[C@H]2n1cnc2c(N)nc(Cl)nc21. The van der Waals surface area contributed by atoms with Crippen LogP contribution in [0.4, 0.5) is 11.6 Å². The average Bonchev–Trinajstić information content (AvgIpc) is 3.99. The molecule has 9 heterocycles. The third-order valence-electron chi connectivity index (χ3n) is 10.9. The van der Waals surface area contributed by atoms with Crippen molar-refractivity contribution < 1.29 is 47.4 Å². The van der Waals surface area contributed by atoms with Crippen LogP contribution in [-0.2, 0) is 42.2 Å². The molecule has 0 bridgehead atoms. The summed E-state index contributed by atoms with van der Waals surface area (Å²) in [6, 6.07) is 0. The zero-order valence-electron chi connectivity index (χ0n) is 34.3. The van der Waals surface area contributed by atoms with Crippen molar-refractivity contribution in [3.05, 3.63) is 23.2 Å². The van der Waals surface area contributed by atoms with Crippen molar-refractivity contribution in [2.75, 3.05) is 64.4 Å². The molecule has 5 aliphatic heterocycles. The lowest BCUT2D eigenvalue weighted by atomic mass is 9.81. The normalized spacial score (nSPS) is 32.3. The highest BCUT2D eigenvalue weighted by atomic mass is 35.5. The molecule has 326 valence electrons. The van der Waals surface area contributed by atoms with E-state index < -0.39 is 54.4 Å². The second-order valence-corrected chi connectivity index (χ2v) is 20.4. The molecule has 2 unspecified atom stereocenters. The molecule has 5 fully saturated rings. The molecule has 5 N–H and O–H groups in total. The van der Waals surface area contributed by atoms with Crippen LogP contribution < -0.4 is 11.5 Å². The van der Waals surface area contributed by atoms with Crippen molar-refractivity contribution in [1.29, 1.82) is 0 Å². The topological polar surface area (TPSA) is 250 Å². The van der Waals surface area contributed by atoms with Crippen molar-refractivity contribution >= 4 is 64.5 Å². The molecule has 0 amide bonds. The maximum Gasteiger partial charge on any atom is 0.226 e. The highest BCUT2D eigenvalue weighted by Gasteiger charge is 2.61. The first-order valence-corrected chi connectivity index (χ1v) is 22.6. The molecule has 8 atom stereocenters. The molecule has 0 saturated carbocycles. The largest absolute Gasteiger partial charge is 0.394 e. The van der Waals surface area contributed by atoms with Gasteiger partial charge >= 0.3 is 0 Å². The molecule has 5 saturated heterocycles. The summed E-state index contributed by atoms with van der Waals surface area (Å²) in [6.07, 6.45) is 3.00. The number of aliphatic hydroxyl groups excluding tert-OH is 1. The van der Waals surface area contributed by atoms with Crippen molar-refractivity contribution in [2.45, 2.75) is 103 Å². The summed E-state index contributed by atoms with van der Waals surface area (Å²) in [5, 5.41) is 9.82. The van der Waals surface area contributed by atoms with Gasteiger partial charge in [-0.15, -0.1) is 0 Å². The Bertz CT molecular complexity index is 2200. The number of imidazole rings is 2. The van der Waals surface area contributed by atoms with Gasteiger partial charge in [-0.1, -0.05) is 13.8 Å². The second kappa shape index (κ2) is 16.4. The molecule has 5 aliphatic rings. The van der Waals surface area contributed by atoms with Crippen LogP contribution in [0, 0.1) is 10.8 Å². The average molecular weight is 888 g/mol. The first-order valence-electron chi connectivity index (χ1n) is 19.3. The predicted octanol–water partition coefficient (Wildman–Crippen LogP) is 4.58. The molecule has 0 aromatic carbocycles. The highest BCUT2D eigenvalue weighted by molar-refractivity contribution is 7.57. The minimum Gasteiger partial charge on any atom is -0.394 e. The van der Waals surface area contributed by atoms with Gasteiger partial charge in [0.15, 0.2) is 41.9 Å². The first-order chi connectivity index (χ1) is 27.6. The minimum atomic E-state index is -2.69. The number of hydrogen-bond acceptors (Lipinski definition) is 18. The van der Waals surface area contributed by atoms with Gasteiger partial charge in [-0.25, -0.2) is 9.97 Å². The van der Waals surface area contributed by atoms with E-state index in [1.165, 1.54) is 12.8 Å². The molecule has 0 aliphatic carbocycles. The third kappa shape index (κ3) is 8.92. The van der Waals surface area contributed by atoms with E-state index in [2.05, 4.69) is 29.9 Å². The van der Waals surface area contributed by atoms with E-state index in [0.29, 0.717) is 35.5 Å². The van der Waals surface area contributed by atoms with E-state index in [4.69, 9.17) is 72.4 Å². The number of anilines is 2. The monoisotopic (exact) mass is 886 g/mol. The van der Waals surface area contributed by atoms with E-state index in [1.54, 1.807) is 35.1 Å². The van der Waals surface area contributed by atoms with Gasteiger partial charge in [-0.3, -0.25) is 13.7 Å². The third-order valence-corrected chi connectivity index (χ3v) is 12.0. The molecule has 59 heavy (non-hydrogen) atoms. The van der Waals surface area contributed by atoms with Crippen LogP contribution in [0.5, 0.6) is 0 Å². The lowest BCUT2D eigenvalue weighted by molar-refractivity contribution is -0.314.